The summed E-state index contributed by atoms with van der Waals surface area (Å²) in [5, 5.41) is 3.27. The summed E-state index contributed by atoms with van der Waals surface area (Å²) in [5.41, 5.74) is 2.12. The Morgan fingerprint density at radius 3 is 2.26 bits per heavy atom. The molecule has 9 heteroatoms. The van der Waals surface area contributed by atoms with Gasteiger partial charge in [-0.05, 0) is 55.2 Å². The van der Waals surface area contributed by atoms with Crippen molar-refractivity contribution in [2.45, 2.75) is 51.6 Å². The van der Waals surface area contributed by atoms with Crippen LogP contribution in [0.3, 0.4) is 0 Å². The van der Waals surface area contributed by atoms with Crippen LogP contribution >= 0.6 is 11.6 Å². The van der Waals surface area contributed by atoms with E-state index in [4.69, 9.17) is 11.6 Å². The molecule has 0 radical (unpaired) electrons. The second kappa shape index (κ2) is 13.6. The molecule has 0 spiro atoms. The average molecular weight is 570 g/mol. The number of carbonyl (C=O) groups excluding carboxylic acids is 2. The molecule has 0 saturated heterocycles. The predicted octanol–water partition coefficient (Wildman–Crippen LogP) is 5.42. The lowest BCUT2D eigenvalue weighted by Crippen LogP contribution is -2.52. The van der Waals surface area contributed by atoms with Gasteiger partial charge in [0.25, 0.3) is 10.0 Å². The van der Waals surface area contributed by atoms with Gasteiger partial charge in [0.1, 0.15) is 12.6 Å². The quantitative estimate of drug-likeness (QED) is 0.315. The van der Waals surface area contributed by atoms with Crippen LogP contribution in [-0.2, 0) is 26.2 Å². The summed E-state index contributed by atoms with van der Waals surface area (Å²) < 4.78 is 28.6. The van der Waals surface area contributed by atoms with E-state index in [1.54, 1.807) is 36.4 Å². The van der Waals surface area contributed by atoms with Crippen LogP contribution < -0.4 is 9.62 Å². The third-order valence-corrected chi connectivity index (χ3v) is 8.24. The molecule has 1 N–H and O–H groups in total. The highest BCUT2D eigenvalue weighted by molar-refractivity contribution is 7.92. The summed E-state index contributed by atoms with van der Waals surface area (Å²) in [6.07, 6.45) is 0.365. The minimum absolute atomic E-state index is 0.0460. The first-order valence-corrected chi connectivity index (χ1v) is 14.8. The van der Waals surface area contributed by atoms with E-state index < -0.39 is 28.5 Å². The minimum atomic E-state index is -4.13. The molecule has 0 saturated carbocycles. The SMILES string of the molecule is CC[C@@H](C(=O)NCC(C)C)N(Cc1cccc(C)c1)C(=O)CN(c1cccc(Cl)c1)S(=O)(=O)c1ccccc1. The highest BCUT2D eigenvalue weighted by atomic mass is 35.5. The number of benzene rings is 3. The molecule has 3 aromatic carbocycles. The molecule has 0 aliphatic rings. The fraction of sp³-hybridized carbons (Fsp3) is 0.333. The number of hydrogen-bond donors (Lipinski definition) is 1. The lowest BCUT2D eigenvalue weighted by molar-refractivity contribution is -0.140. The van der Waals surface area contributed by atoms with E-state index in [-0.39, 0.29) is 29.0 Å². The standard InChI is InChI=1S/C30H36ClN3O4S/c1-5-28(30(36)32-19-22(2)3)33(20-24-12-9-11-23(4)17-24)29(35)21-34(26-14-10-13-25(31)18-26)39(37,38)27-15-7-6-8-16-27/h6-18,22,28H,5,19-21H2,1-4H3,(H,32,36)/t28-/m0/s1. The van der Waals surface area contributed by atoms with Crippen LogP contribution in [0.2, 0.25) is 5.02 Å². The molecular weight excluding hydrogens is 534 g/mol. The molecule has 0 aromatic heterocycles. The number of nitrogens with zero attached hydrogens (tertiary/aromatic N) is 2. The van der Waals surface area contributed by atoms with Crippen molar-refractivity contribution in [3.8, 4) is 0 Å². The monoisotopic (exact) mass is 569 g/mol. The van der Waals surface area contributed by atoms with Crippen molar-refractivity contribution in [3.05, 3.63) is 95.0 Å². The number of hydrogen-bond acceptors (Lipinski definition) is 4. The Hall–Kier alpha value is -3.36. The van der Waals surface area contributed by atoms with Gasteiger partial charge in [-0.15, -0.1) is 0 Å². The number of carbonyl (C=O) groups is 2. The smallest absolute Gasteiger partial charge is 0.264 e. The molecule has 0 unspecified atom stereocenters. The fourth-order valence-corrected chi connectivity index (χ4v) is 5.84. The van der Waals surface area contributed by atoms with Gasteiger partial charge in [0.2, 0.25) is 11.8 Å². The molecule has 3 rings (SSSR count). The van der Waals surface area contributed by atoms with Gasteiger partial charge in [-0.25, -0.2) is 8.42 Å². The summed E-state index contributed by atoms with van der Waals surface area (Å²) in [5.74, 6) is -0.531. The largest absolute Gasteiger partial charge is 0.354 e. The van der Waals surface area contributed by atoms with E-state index in [9.17, 15) is 18.0 Å². The van der Waals surface area contributed by atoms with Crippen molar-refractivity contribution in [1.82, 2.24) is 10.2 Å². The van der Waals surface area contributed by atoms with Crippen molar-refractivity contribution in [1.29, 1.82) is 0 Å². The summed E-state index contributed by atoms with van der Waals surface area (Å²) in [6.45, 7) is 7.91. The molecule has 0 fully saturated rings. The Morgan fingerprint density at radius 2 is 1.64 bits per heavy atom. The fourth-order valence-electron chi connectivity index (χ4n) is 4.23. The van der Waals surface area contributed by atoms with Crippen molar-refractivity contribution >= 4 is 39.1 Å². The molecule has 3 aromatic rings. The van der Waals surface area contributed by atoms with Crippen LogP contribution in [0, 0.1) is 12.8 Å². The summed E-state index contributed by atoms with van der Waals surface area (Å²) >= 11 is 6.21. The highest BCUT2D eigenvalue weighted by Gasteiger charge is 2.33. The van der Waals surface area contributed by atoms with Gasteiger partial charge < -0.3 is 10.2 Å². The van der Waals surface area contributed by atoms with Crippen molar-refractivity contribution in [2.24, 2.45) is 5.92 Å². The third-order valence-electron chi connectivity index (χ3n) is 6.21. The molecule has 1 atom stereocenters. The molecule has 208 valence electrons. The zero-order valence-corrected chi connectivity index (χ0v) is 24.4. The number of amides is 2. The summed E-state index contributed by atoms with van der Waals surface area (Å²) in [7, 11) is -4.13. The molecule has 39 heavy (non-hydrogen) atoms. The van der Waals surface area contributed by atoms with Crippen LogP contribution in [-0.4, -0.2) is 44.3 Å². The molecular formula is C30H36ClN3O4S. The second-order valence-electron chi connectivity index (χ2n) is 9.88. The van der Waals surface area contributed by atoms with Gasteiger partial charge >= 0.3 is 0 Å². The van der Waals surface area contributed by atoms with Gasteiger partial charge in [0.05, 0.1) is 10.6 Å². The van der Waals surface area contributed by atoms with Crippen LogP contribution in [0.4, 0.5) is 5.69 Å². The Morgan fingerprint density at radius 1 is 0.949 bits per heavy atom. The topological polar surface area (TPSA) is 86.8 Å². The van der Waals surface area contributed by atoms with E-state index in [2.05, 4.69) is 5.32 Å². The van der Waals surface area contributed by atoms with E-state index in [1.165, 1.54) is 23.1 Å². The van der Waals surface area contributed by atoms with Crippen LogP contribution in [0.5, 0.6) is 0 Å². The first kappa shape index (κ1) is 30.2. The van der Waals surface area contributed by atoms with Gasteiger partial charge in [0, 0.05) is 18.1 Å². The van der Waals surface area contributed by atoms with Crippen molar-refractivity contribution in [3.63, 3.8) is 0 Å². The van der Waals surface area contributed by atoms with Gasteiger partial charge in [-0.3, -0.25) is 13.9 Å². The van der Waals surface area contributed by atoms with Gasteiger partial charge in [-0.1, -0.05) is 86.5 Å². The van der Waals surface area contributed by atoms with Crippen molar-refractivity contribution < 1.29 is 18.0 Å². The highest BCUT2D eigenvalue weighted by Crippen LogP contribution is 2.27. The Bertz CT molecular complexity index is 1380. The molecule has 0 heterocycles. The van der Waals surface area contributed by atoms with E-state index in [0.29, 0.717) is 18.0 Å². The minimum Gasteiger partial charge on any atom is -0.354 e. The molecule has 0 bridgehead atoms. The van der Waals surface area contributed by atoms with Crippen LogP contribution in [0.25, 0.3) is 0 Å². The predicted molar refractivity (Wildman–Crippen MR) is 156 cm³/mol. The average Bonchev–Trinajstić information content (AvgIpc) is 2.90. The van der Waals surface area contributed by atoms with E-state index >= 15 is 0 Å². The molecule has 2 amide bonds. The number of halogens is 1. The number of anilines is 1. The lowest BCUT2D eigenvalue weighted by atomic mass is 10.1. The maximum absolute atomic E-state index is 14.0. The molecule has 0 aliphatic carbocycles. The van der Waals surface area contributed by atoms with E-state index in [1.807, 2.05) is 52.0 Å². The maximum Gasteiger partial charge on any atom is 0.264 e. The Kier molecular flexibility index (Phi) is 10.5. The Balaban J connectivity index is 2.04. The molecule has 7 nitrogen and oxygen atoms in total. The van der Waals surface area contributed by atoms with Gasteiger partial charge in [0.15, 0.2) is 0 Å². The summed E-state index contributed by atoms with van der Waals surface area (Å²) in [6, 6.07) is 21.2. The Labute approximate surface area is 236 Å². The summed E-state index contributed by atoms with van der Waals surface area (Å²) in [4.78, 5) is 28.8. The number of sulfonamides is 1. The maximum atomic E-state index is 14.0. The second-order valence-corrected chi connectivity index (χ2v) is 12.2. The number of nitrogens with one attached hydrogen (secondary N) is 1. The van der Waals surface area contributed by atoms with Crippen LogP contribution in [0.15, 0.2) is 83.8 Å². The third kappa shape index (κ3) is 8.07. The zero-order chi connectivity index (χ0) is 28.6. The number of rotatable bonds is 12. The number of aryl methyl sites for hydroxylation is 1. The van der Waals surface area contributed by atoms with Gasteiger partial charge in [-0.2, -0.15) is 0 Å². The van der Waals surface area contributed by atoms with Crippen LogP contribution in [0.1, 0.15) is 38.3 Å². The van der Waals surface area contributed by atoms with E-state index in [0.717, 1.165) is 15.4 Å². The first-order chi connectivity index (χ1) is 18.5. The molecule has 0 aliphatic heterocycles. The lowest BCUT2D eigenvalue weighted by Gasteiger charge is -2.33. The van der Waals surface area contributed by atoms with Crippen molar-refractivity contribution in [2.75, 3.05) is 17.4 Å². The first-order valence-electron chi connectivity index (χ1n) is 13.0. The zero-order valence-electron chi connectivity index (χ0n) is 22.8. The normalized spacial score (nSPS) is 12.2.